The highest BCUT2D eigenvalue weighted by Gasteiger charge is 2.08. The number of nitrogens with one attached hydrogen (secondary N) is 2. The number of rotatable bonds is 7. The lowest BCUT2D eigenvalue weighted by Gasteiger charge is -2.13. The third-order valence-electron chi connectivity index (χ3n) is 4.25. The second kappa shape index (κ2) is 11.1. The fraction of sp³-hybridized carbons (Fsp3) is 0.474. The van der Waals surface area contributed by atoms with E-state index in [1.165, 1.54) is 16.7 Å². The Balaban J connectivity index is 0.00000312. The summed E-state index contributed by atoms with van der Waals surface area (Å²) >= 11 is 0. The Morgan fingerprint density at radius 1 is 1.16 bits per heavy atom. The molecule has 0 aliphatic carbocycles. The maximum atomic E-state index is 5.20. The van der Waals surface area contributed by atoms with Gasteiger partial charge in [0.2, 0.25) is 0 Å². The van der Waals surface area contributed by atoms with E-state index in [4.69, 9.17) is 4.52 Å². The van der Waals surface area contributed by atoms with Crippen LogP contribution in [0.2, 0.25) is 0 Å². The summed E-state index contributed by atoms with van der Waals surface area (Å²) in [6.07, 6.45) is 3.01. The zero-order chi connectivity index (χ0) is 17.4. The molecule has 0 fully saturated rings. The first kappa shape index (κ1) is 21.5. The smallest absolute Gasteiger partial charge is 0.191 e. The van der Waals surface area contributed by atoms with Gasteiger partial charge in [-0.3, -0.25) is 4.99 Å². The number of aryl methyl sites for hydroxylation is 3. The lowest BCUT2D eigenvalue weighted by molar-refractivity contribution is 0.392. The quantitative estimate of drug-likeness (QED) is 0.288. The minimum absolute atomic E-state index is 0. The molecular weight excluding hydrogens is 427 g/mol. The molecule has 25 heavy (non-hydrogen) atoms. The summed E-state index contributed by atoms with van der Waals surface area (Å²) in [6.45, 7) is 7.78. The Labute approximate surface area is 167 Å². The van der Waals surface area contributed by atoms with Gasteiger partial charge in [-0.15, -0.1) is 24.0 Å². The van der Waals surface area contributed by atoms with Crippen molar-refractivity contribution in [2.24, 2.45) is 4.99 Å². The van der Waals surface area contributed by atoms with Crippen LogP contribution in [0.3, 0.4) is 0 Å². The molecule has 0 saturated carbocycles. The van der Waals surface area contributed by atoms with Crippen molar-refractivity contribution in [3.8, 4) is 0 Å². The molecule has 0 aliphatic heterocycles. The average molecular weight is 456 g/mol. The van der Waals surface area contributed by atoms with Crippen LogP contribution in [-0.4, -0.2) is 24.7 Å². The number of hydrogen-bond donors (Lipinski definition) is 2. The molecule has 138 valence electrons. The summed E-state index contributed by atoms with van der Waals surface area (Å²) in [5.41, 5.74) is 4.90. The number of aliphatic imine (C=N–C) groups is 1. The Hall–Kier alpha value is -1.57. The minimum atomic E-state index is 0. The van der Waals surface area contributed by atoms with Crippen LogP contribution in [-0.2, 0) is 19.4 Å². The fourth-order valence-corrected chi connectivity index (χ4v) is 2.81. The summed E-state index contributed by atoms with van der Waals surface area (Å²) in [4.78, 5) is 4.29. The van der Waals surface area contributed by atoms with Crippen molar-refractivity contribution >= 4 is 29.9 Å². The van der Waals surface area contributed by atoms with E-state index in [-0.39, 0.29) is 24.0 Å². The Morgan fingerprint density at radius 2 is 1.88 bits per heavy atom. The molecule has 0 amide bonds. The van der Waals surface area contributed by atoms with Crippen molar-refractivity contribution in [3.63, 3.8) is 0 Å². The topological polar surface area (TPSA) is 62.5 Å². The van der Waals surface area contributed by atoms with E-state index in [2.05, 4.69) is 52.0 Å². The normalized spacial score (nSPS) is 11.1. The van der Waals surface area contributed by atoms with Gasteiger partial charge >= 0.3 is 0 Å². The summed E-state index contributed by atoms with van der Waals surface area (Å²) in [5.74, 6) is 1.76. The predicted molar refractivity (Wildman–Crippen MR) is 114 cm³/mol. The molecule has 0 spiro atoms. The number of halogens is 1. The molecule has 2 N–H and O–H groups in total. The van der Waals surface area contributed by atoms with Crippen LogP contribution in [0.5, 0.6) is 0 Å². The molecule has 5 nitrogen and oxygen atoms in total. The maximum Gasteiger partial charge on any atom is 0.191 e. The maximum absolute atomic E-state index is 5.20. The van der Waals surface area contributed by atoms with E-state index >= 15 is 0 Å². The highest BCUT2D eigenvalue weighted by Crippen LogP contribution is 2.13. The van der Waals surface area contributed by atoms with Gasteiger partial charge in [-0.05, 0) is 44.2 Å². The number of aromatic nitrogens is 1. The zero-order valence-electron chi connectivity index (χ0n) is 15.6. The minimum Gasteiger partial charge on any atom is -0.361 e. The summed E-state index contributed by atoms with van der Waals surface area (Å²) in [6, 6.07) is 8.51. The van der Waals surface area contributed by atoms with Crippen LogP contribution in [0, 0.1) is 13.8 Å². The standard InChI is InChI=1S/C19H28N4O.HI/c1-5-16-9-6-7-10-17(16)13-22-19(20-4)21-12-8-11-18-14(2)23-24-15(18)3;/h6-7,9-10H,5,8,11-13H2,1-4H3,(H2,20,21,22);1H. The van der Waals surface area contributed by atoms with Crippen LogP contribution in [0.4, 0.5) is 0 Å². The van der Waals surface area contributed by atoms with Gasteiger partial charge in [-0.2, -0.15) is 0 Å². The summed E-state index contributed by atoms with van der Waals surface area (Å²) in [7, 11) is 1.80. The first-order chi connectivity index (χ1) is 11.7. The van der Waals surface area contributed by atoms with Gasteiger partial charge in [0.1, 0.15) is 5.76 Å². The molecule has 1 aromatic heterocycles. The molecule has 1 heterocycles. The van der Waals surface area contributed by atoms with E-state index < -0.39 is 0 Å². The zero-order valence-corrected chi connectivity index (χ0v) is 17.9. The van der Waals surface area contributed by atoms with Gasteiger partial charge in [0, 0.05) is 25.7 Å². The first-order valence-corrected chi connectivity index (χ1v) is 8.58. The van der Waals surface area contributed by atoms with Crippen molar-refractivity contribution in [1.29, 1.82) is 0 Å². The summed E-state index contributed by atoms with van der Waals surface area (Å²) < 4.78 is 5.20. The number of guanidine groups is 1. The monoisotopic (exact) mass is 456 g/mol. The van der Waals surface area contributed by atoms with E-state index in [9.17, 15) is 0 Å². The van der Waals surface area contributed by atoms with Crippen molar-refractivity contribution in [1.82, 2.24) is 15.8 Å². The lowest BCUT2D eigenvalue weighted by Crippen LogP contribution is -2.37. The molecule has 0 aliphatic rings. The lowest BCUT2D eigenvalue weighted by atomic mass is 10.1. The summed E-state index contributed by atoms with van der Waals surface area (Å²) in [5, 5.41) is 10.7. The van der Waals surface area contributed by atoms with Crippen LogP contribution in [0.1, 0.15) is 41.5 Å². The number of hydrogen-bond acceptors (Lipinski definition) is 3. The largest absolute Gasteiger partial charge is 0.361 e. The highest BCUT2D eigenvalue weighted by molar-refractivity contribution is 14.0. The van der Waals surface area contributed by atoms with E-state index in [1.807, 2.05) is 13.8 Å². The van der Waals surface area contributed by atoms with Crippen molar-refractivity contribution in [3.05, 3.63) is 52.4 Å². The van der Waals surface area contributed by atoms with Crippen molar-refractivity contribution in [2.75, 3.05) is 13.6 Å². The molecule has 0 bridgehead atoms. The third kappa shape index (κ3) is 6.34. The van der Waals surface area contributed by atoms with Gasteiger partial charge in [-0.1, -0.05) is 36.3 Å². The molecule has 6 heteroatoms. The van der Waals surface area contributed by atoms with Crippen molar-refractivity contribution in [2.45, 2.75) is 46.6 Å². The first-order valence-electron chi connectivity index (χ1n) is 8.58. The van der Waals surface area contributed by atoms with Gasteiger partial charge in [0.25, 0.3) is 0 Å². The fourth-order valence-electron chi connectivity index (χ4n) is 2.81. The molecule has 0 unspecified atom stereocenters. The van der Waals surface area contributed by atoms with Gasteiger partial charge < -0.3 is 15.2 Å². The molecule has 2 aromatic rings. The van der Waals surface area contributed by atoms with Crippen molar-refractivity contribution < 1.29 is 4.52 Å². The Kier molecular flexibility index (Phi) is 9.55. The Bertz CT molecular complexity index is 662. The second-order valence-corrected chi connectivity index (χ2v) is 5.88. The second-order valence-electron chi connectivity index (χ2n) is 5.88. The third-order valence-corrected chi connectivity index (χ3v) is 4.25. The van der Waals surface area contributed by atoms with Crippen LogP contribution < -0.4 is 10.6 Å². The SMILES string of the molecule is CCc1ccccc1CNC(=NC)NCCCc1c(C)noc1C.I. The Morgan fingerprint density at radius 3 is 2.48 bits per heavy atom. The van der Waals surface area contributed by atoms with Crippen LogP contribution in [0.15, 0.2) is 33.8 Å². The van der Waals surface area contributed by atoms with E-state index in [1.54, 1.807) is 7.05 Å². The number of benzene rings is 1. The molecule has 1 aromatic carbocycles. The van der Waals surface area contributed by atoms with Crippen LogP contribution in [0.25, 0.3) is 0 Å². The van der Waals surface area contributed by atoms with E-state index in [0.717, 1.165) is 49.8 Å². The van der Waals surface area contributed by atoms with Gasteiger partial charge in [0.05, 0.1) is 5.69 Å². The predicted octanol–water partition coefficient (Wildman–Crippen LogP) is 3.77. The molecule has 0 saturated heterocycles. The molecule has 2 rings (SSSR count). The van der Waals surface area contributed by atoms with Crippen LogP contribution >= 0.6 is 24.0 Å². The number of nitrogens with zero attached hydrogens (tertiary/aromatic N) is 2. The van der Waals surface area contributed by atoms with E-state index in [0.29, 0.717) is 0 Å². The van der Waals surface area contributed by atoms with Gasteiger partial charge in [-0.25, -0.2) is 0 Å². The molecular formula is C19H29IN4O. The average Bonchev–Trinajstić information content (AvgIpc) is 2.93. The van der Waals surface area contributed by atoms with Gasteiger partial charge in [0.15, 0.2) is 5.96 Å². The molecule has 0 radical (unpaired) electrons. The highest BCUT2D eigenvalue weighted by atomic mass is 127. The molecule has 0 atom stereocenters.